The number of nitrogens with zero attached hydrogens (tertiary/aromatic N) is 1. The lowest BCUT2D eigenvalue weighted by molar-refractivity contribution is 0.102. The first kappa shape index (κ1) is 12.4. The van der Waals surface area contributed by atoms with Crippen molar-refractivity contribution in [1.29, 1.82) is 0 Å². The van der Waals surface area contributed by atoms with Crippen LogP contribution in [0.3, 0.4) is 0 Å². The number of hydrogen-bond acceptors (Lipinski definition) is 2. The van der Waals surface area contributed by atoms with Crippen molar-refractivity contribution in [2.75, 3.05) is 5.32 Å². The molecule has 94 valence electrons. The number of nitrogens with one attached hydrogen (secondary N) is 2. The number of anilines is 1. The molecule has 0 aliphatic rings. The van der Waals surface area contributed by atoms with E-state index in [-0.39, 0.29) is 5.91 Å². The van der Waals surface area contributed by atoms with Gasteiger partial charge in [-0.15, -0.1) is 0 Å². The first-order valence-electron chi connectivity index (χ1n) is 5.99. The molecule has 4 heteroatoms. The molecule has 1 aromatic heterocycles. The number of rotatable bonds is 3. The summed E-state index contributed by atoms with van der Waals surface area (Å²) in [5.74, 6) is 0.326. The highest BCUT2D eigenvalue weighted by Crippen LogP contribution is 2.17. The van der Waals surface area contributed by atoms with Gasteiger partial charge >= 0.3 is 0 Å². The van der Waals surface area contributed by atoms with Crippen LogP contribution < -0.4 is 5.32 Å². The maximum absolute atomic E-state index is 11.9. The van der Waals surface area contributed by atoms with Crippen LogP contribution in [0.15, 0.2) is 30.5 Å². The number of carbonyl (C=O) groups is 1. The average Bonchev–Trinajstić information content (AvgIpc) is 2.76. The van der Waals surface area contributed by atoms with Crippen molar-refractivity contribution in [3.63, 3.8) is 0 Å². The van der Waals surface area contributed by atoms with E-state index in [0.29, 0.717) is 11.6 Å². The zero-order valence-corrected chi connectivity index (χ0v) is 10.8. The zero-order valence-electron chi connectivity index (χ0n) is 10.8. The molecule has 0 bridgehead atoms. The van der Waals surface area contributed by atoms with Crippen LogP contribution in [0.1, 0.15) is 41.4 Å². The Kier molecular flexibility index (Phi) is 3.46. The van der Waals surface area contributed by atoms with Crippen LogP contribution in [0.5, 0.6) is 0 Å². The second-order valence-electron chi connectivity index (χ2n) is 4.66. The zero-order chi connectivity index (χ0) is 13.1. The van der Waals surface area contributed by atoms with Gasteiger partial charge in [0.1, 0.15) is 5.69 Å². The number of aromatic nitrogens is 2. The molecule has 0 atom stereocenters. The summed E-state index contributed by atoms with van der Waals surface area (Å²) in [6.45, 7) is 6.13. The molecule has 1 amide bonds. The van der Waals surface area contributed by atoms with Gasteiger partial charge in [-0.05, 0) is 36.1 Å². The molecule has 0 fully saturated rings. The van der Waals surface area contributed by atoms with Crippen molar-refractivity contribution in [1.82, 2.24) is 10.2 Å². The Hall–Kier alpha value is -2.10. The van der Waals surface area contributed by atoms with Crippen LogP contribution in [0.25, 0.3) is 0 Å². The monoisotopic (exact) mass is 243 g/mol. The average molecular weight is 243 g/mol. The van der Waals surface area contributed by atoms with Gasteiger partial charge in [-0.25, -0.2) is 0 Å². The van der Waals surface area contributed by atoms with Crippen molar-refractivity contribution >= 4 is 11.6 Å². The van der Waals surface area contributed by atoms with Crippen molar-refractivity contribution < 1.29 is 4.79 Å². The Morgan fingerprint density at radius 2 is 1.94 bits per heavy atom. The summed E-state index contributed by atoms with van der Waals surface area (Å²) < 4.78 is 0. The molecule has 0 radical (unpaired) electrons. The summed E-state index contributed by atoms with van der Waals surface area (Å²) in [4.78, 5) is 11.9. The third-order valence-corrected chi connectivity index (χ3v) is 2.89. The summed E-state index contributed by atoms with van der Waals surface area (Å²) >= 11 is 0. The van der Waals surface area contributed by atoms with E-state index in [1.807, 2.05) is 31.2 Å². The summed E-state index contributed by atoms with van der Waals surface area (Å²) in [5, 5.41) is 9.37. The number of aromatic amines is 1. The molecular formula is C14H17N3O. The van der Waals surface area contributed by atoms with E-state index in [2.05, 4.69) is 29.4 Å². The Morgan fingerprint density at radius 1 is 1.28 bits per heavy atom. The van der Waals surface area contributed by atoms with Gasteiger partial charge in [-0.2, -0.15) is 5.10 Å². The number of hydrogen-bond donors (Lipinski definition) is 2. The Labute approximate surface area is 106 Å². The number of benzene rings is 1. The summed E-state index contributed by atoms with van der Waals surface area (Å²) in [7, 11) is 0. The molecule has 0 unspecified atom stereocenters. The normalized spacial score (nSPS) is 10.7. The van der Waals surface area contributed by atoms with Gasteiger partial charge in [0, 0.05) is 5.69 Å². The molecule has 0 saturated carbocycles. The standard InChI is InChI=1S/C14H17N3O/c1-9(2)11-4-6-12(7-5-11)16-14(18)13-10(3)8-15-17-13/h4-9H,1-3H3,(H,15,17)(H,16,18). The molecule has 1 heterocycles. The minimum atomic E-state index is -0.165. The van der Waals surface area contributed by atoms with Gasteiger partial charge in [0.15, 0.2) is 0 Å². The highest BCUT2D eigenvalue weighted by molar-refractivity contribution is 6.03. The highest BCUT2D eigenvalue weighted by atomic mass is 16.1. The maximum Gasteiger partial charge on any atom is 0.273 e. The van der Waals surface area contributed by atoms with Crippen LogP contribution in [0.4, 0.5) is 5.69 Å². The highest BCUT2D eigenvalue weighted by Gasteiger charge is 2.10. The third kappa shape index (κ3) is 2.59. The van der Waals surface area contributed by atoms with Gasteiger partial charge in [0.05, 0.1) is 6.20 Å². The smallest absolute Gasteiger partial charge is 0.273 e. The lowest BCUT2D eigenvalue weighted by Crippen LogP contribution is -2.13. The van der Waals surface area contributed by atoms with Gasteiger partial charge in [-0.1, -0.05) is 26.0 Å². The summed E-state index contributed by atoms with van der Waals surface area (Å²) in [6, 6.07) is 7.89. The van der Waals surface area contributed by atoms with Crippen molar-refractivity contribution in [2.24, 2.45) is 0 Å². The molecule has 0 aliphatic heterocycles. The van der Waals surface area contributed by atoms with E-state index in [9.17, 15) is 4.79 Å². The first-order valence-corrected chi connectivity index (χ1v) is 5.99. The fourth-order valence-corrected chi connectivity index (χ4v) is 1.72. The van der Waals surface area contributed by atoms with Crippen LogP contribution in [0, 0.1) is 6.92 Å². The van der Waals surface area contributed by atoms with Crippen molar-refractivity contribution in [2.45, 2.75) is 26.7 Å². The fraction of sp³-hybridized carbons (Fsp3) is 0.286. The quantitative estimate of drug-likeness (QED) is 0.870. The fourth-order valence-electron chi connectivity index (χ4n) is 1.72. The van der Waals surface area contributed by atoms with Crippen LogP contribution >= 0.6 is 0 Å². The minimum absolute atomic E-state index is 0.165. The number of carbonyl (C=O) groups excluding carboxylic acids is 1. The topological polar surface area (TPSA) is 57.8 Å². The van der Waals surface area contributed by atoms with Crippen molar-refractivity contribution in [3.05, 3.63) is 47.3 Å². The van der Waals surface area contributed by atoms with Crippen molar-refractivity contribution in [3.8, 4) is 0 Å². The van der Waals surface area contributed by atoms with E-state index in [1.165, 1.54) is 5.56 Å². The van der Waals surface area contributed by atoms with Gasteiger partial charge in [-0.3, -0.25) is 9.89 Å². The molecule has 1 aromatic carbocycles. The van der Waals surface area contributed by atoms with Gasteiger partial charge in [0.2, 0.25) is 0 Å². The predicted octanol–water partition coefficient (Wildman–Crippen LogP) is 3.09. The maximum atomic E-state index is 11.9. The van der Waals surface area contributed by atoms with E-state index >= 15 is 0 Å². The number of amides is 1. The summed E-state index contributed by atoms with van der Waals surface area (Å²) in [5.41, 5.74) is 3.39. The van der Waals surface area contributed by atoms with Crippen LogP contribution in [-0.2, 0) is 0 Å². The van der Waals surface area contributed by atoms with E-state index in [1.54, 1.807) is 6.20 Å². The minimum Gasteiger partial charge on any atom is -0.321 e. The number of H-pyrrole nitrogens is 1. The molecule has 2 rings (SSSR count). The molecule has 0 aliphatic carbocycles. The van der Waals surface area contributed by atoms with Gasteiger partial charge in [0.25, 0.3) is 5.91 Å². The summed E-state index contributed by atoms with van der Waals surface area (Å²) in [6.07, 6.45) is 1.64. The molecule has 2 aromatic rings. The van der Waals surface area contributed by atoms with Crippen LogP contribution in [0.2, 0.25) is 0 Å². The van der Waals surface area contributed by atoms with E-state index in [4.69, 9.17) is 0 Å². The molecular weight excluding hydrogens is 226 g/mol. The lowest BCUT2D eigenvalue weighted by Gasteiger charge is -2.08. The second-order valence-corrected chi connectivity index (χ2v) is 4.66. The van der Waals surface area contributed by atoms with E-state index in [0.717, 1.165) is 11.3 Å². The largest absolute Gasteiger partial charge is 0.321 e. The molecule has 4 nitrogen and oxygen atoms in total. The Balaban J connectivity index is 2.10. The second kappa shape index (κ2) is 5.04. The number of aryl methyl sites for hydroxylation is 1. The molecule has 0 spiro atoms. The Morgan fingerprint density at radius 3 is 2.44 bits per heavy atom. The lowest BCUT2D eigenvalue weighted by atomic mass is 10.0. The third-order valence-electron chi connectivity index (χ3n) is 2.89. The molecule has 18 heavy (non-hydrogen) atoms. The first-order chi connectivity index (χ1) is 8.58. The Bertz CT molecular complexity index is 540. The molecule has 0 saturated heterocycles. The van der Waals surface area contributed by atoms with E-state index < -0.39 is 0 Å². The van der Waals surface area contributed by atoms with Crippen LogP contribution in [-0.4, -0.2) is 16.1 Å². The molecule has 2 N–H and O–H groups in total. The SMILES string of the molecule is Cc1cn[nH]c1C(=O)Nc1ccc(C(C)C)cc1. The van der Waals surface area contributed by atoms with Gasteiger partial charge < -0.3 is 5.32 Å². The predicted molar refractivity (Wildman–Crippen MR) is 71.8 cm³/mol.